The largest absolute Gasteiger partial charge is 0.471 e. The van der Waals surface area contributed by atoms with Gasteiger partial charge in [0, 0.05) is 18.2 Å². The van der Waals surface area contributed by atoms with Crippen molar-refractivity contribution in [3.63, 3.8) is 0 Å². The van der Waals surface area contributed by atoms with Crippen LogP contribution in [0.2, 0.25) is 0 Å². The molecule has 1 atom stereocenters. The van der Waals surface area contributed by atoms with Crippen molar-refractivity contribution in [3.05, 3.63) is 66.1 Å². The minimum Gasteiger partial charge on any atom is -0.467 e. The van der Waals surface area contributed by atoms with E-state index < -0.39 is 24.1 Å². The van der Waals surface area contributed by atoms with Gasteiger partial charge in [0.1, 0.15) is 0 Å². The second kappa shape index (κ2) is 8.36. The van der Waals surface area contributed by atoms with Crippen molar-refractivity contribution in [2.75, 3.05) is 12.0 Å². The van der Waals surface area contributed by atoms with Crippen LogP contribution in [0.5, 0.6) is 0 Å². The van der Waals surface area contributed by atoms with Gasteiger partial charge in [-0.3, -0.25) is 9.69 Å². The number of aryl methyl sites for hydroxylation is 1. The fourth-order valence-electron chi connectivity index (χ4n) is 2.87. The maximum absolute atomic E-state index is 13.5. The molecule has 0 N–H and O–H groups in total. The van der Waals surface area contributed by atoms with Gasteiger partial charge < -0.3 is 9.26 Å². The molecule has 2 aromatic carbocycles. The fourth-order valence-corrected chi connectivity index (χ4v) is 2.87. The maximum atomic E-state index is 13.5. The highest BCUT2D eigenvalue weighted by atomic mass is 19.4. The molecule has 0 aliphatic rings. The van der Waals surface area contributed by atoms with E-state index in [1.807, 2.05) is 0 Å². The van der Waals surface area contributed by atoms with E-state index in [1.54, 1.807) is 31.2 Å². The van der Waals surface area contributed by atoms with Gasteiger partial charge in [0.25, 0.3) is 0 Å². The lowest BCUT2D eigenvalue weighted by Gasteiger charge is -2.31. The molecule has 1 aromatic heterocycles. The topological polar surface area (TPSA) is 85.5 Å². The zero-order chi connectivity index (χ0) is 21.9. The average molecular weight is 419 g/mol. The molecule has 1 heterocycles. The molecule has 0 saturated carbocycles. The van der Waals surface area contributed by atoms with Gasteiger partial charge in [0.15, 0.2) is 6.04 Å². The Morgan fingerprint density at radius 3 is 2.37 bits per heavy atom. The number of esters is 1. The monoisotopic (exact) mass is 419 g/mol. The Hall–Kier alpha value is -3.69. The number of ether oxygens (including phenoxy) is 1. The standard InChI is InChI=1S/C20H16F3N3O4/c1-12-24-17(25-30-12)14-9-6-10-15(11-14)26(19(28)20(21,22)23)16(18(27)29-2)13-7-4-3-5-8-13/h3-11,16H,1-2H3. The van der Waals surface area contributed by atoms with Crippen molar-refractivity contribution >= 4 is 17.6 Å². The van der Waals surface area contributed by atoms with Crippen molar-refractivity contribution in [3.8, 4) is 11.4 Å². The Morgan fingerprint density at radius 2 is 1.80 bits per heavy atom. The molecule has 0 bridgehead atoms. The van der Waals surface area contributed by atoms with E-state index in [1.165, 1.54) is 30.3 Å². The average Bonchev–Trinajstić information content (AvgIpc) is 3.17. The van der Waals surface area contributed by atoms with Crippen molar-refractivity contribution in [2.24, 2.45) is 0 Å². The van der Waals surface area contributed by atoms with Crippen LogP contribution in [-0.2, 0) is 14.3 Å². The second-order valence-corrected chi connectivity index (χ2v) is 6.20. The number of rotatable bonds is 5. The minimum absolute atomic E-state index is 0.128. The van der Waals surface area contributed by atoms with Crippen molar-refractivity contribution in [2.45, 2.75) is 19.1 Å². The smallest absolute Gasteiger partial charge is 0.467 e. The first kappa shape index (κ1) is 21.0. The SMILES string of the molecule is COC(=O)C(c1ccccc1)N(C(=O)C(F)(F)F)c1cccc(-c2noc(C)n2)c1. The van der Waals surface area contributed by atoms with E-state index in [2.05, 4.69) is 10.1 Å². The highest BCUT2D eigenvalue weighted by Crippen LogP contribution is 2.34. The zero-order valence-electron chi connectivity index (χ0n) is 15.9. The molecule has 10 heteroatoms. The Morgan fingerprint density at radius 1 is 1.10 bits per heavy atom. The number of amides is 1. The van der Waals surface area contributed by atoms with Crippen molar-refractivity contribution < 1.29 is 32.0 Å². The third-order valence-electron chi connectivity index (χ3n) is 4.17. The van der Waals surface area contributed by atoms with Crippen LogP contribution in [-0.4, -0.2) is 35.3 Å². The van der Waals surface area contributed by atoms with E-state index in [-0.39, 0.29) is 23.0 Å². The van der Waals surface area contributed by atoms with Crippen molar-refractivity contribution in [1.29, 1.82) is 0 Å². The molecular formula is C20H16F3N3O4. The summed E-state index contributed by atoms with van der Waals surface area (Å²) < 4.78 is 50.0. The molecule has 156 valence electrons. The number of methoxy groups -OCH3 is 1. The highest BCUT2D eigenvalue weighted by Gasteiger charge is 2.47. The normalized spacial score (nSPS) is 12.3. The Bertz CT molecular complexity index is 1050. The van der Waals surface area contributed by atoms with Crippen LogP contribution in [0.25, 0.3) is 11.4 Å². The first-order chi connectivity index (χ1) is 14.2. The number of carbonyl (C=O) groups is 2. The summed E-state index contributed by atoms with van der Waals surface area (Å²) in [6.45, 7) is 1.56. The molecule has 3 rings (SSSR count). The lowest BCUT2D eigenvalue weighted by molar-refractivity contribution is -0.172. The number of anilines is 1. The second-order valence-electron chi connectivity index (χ2n) is 6.20. The van der Waals surface area contributed by atoms with Gasteiger partial charge in [-0.25, -0.2) is 4.79 Å². The van der Waals surface area contributed by atoms with Gasteiger partial charge >= 0.3 is 18.1 Å². The lowest BCUT2D eigenvalue weighted by atomic mass is 10.0. The van der Waals surface area contributed by atoms with Crippen LogP contribution in [0.4, 0.5) is 18.9 Å². The van der Waals surface area contributed by atoms with E-state index in [4.69, 9.17) is 9.26 Å². The summed E-state index contributed by atoms with van der Waals surface area (Å²) in [5.41, 5.74) is 0.278. The van der Waals surface area contributed by atoms with Crippen LogP contribution < -0.4 is 4.90 Å². The molecule has 7 nitrogen and oxygen atoms in total. The molecular weight excluding hydrogens is 403 g/mol. The highest BCUT2D eigenvalue weighted by molar-refractivity contribution is 6.03. The van der Waals surface area contributed by atoms with Gasteiger partial charge in [-0.2, -0.15) is 18.2 Å². The van der Waals surface area contributed by atoms with Crippen molar-refractivity contribution in [1.82, 2.24) is 10.1 Å². The first-order valence-electron chi connectivity index (χ1n) is 8.66. The minimum atomic E-state index is -5.24. The number of hydrogen-bond donors (Lipinski definition) is 0. The molecule has 0 aliphatic carbocycles. The number of halogens is 3. The Kier molecular flexibility index (Phi) is 5.86. The molecule has 1 amide bonds. The van der Waals surface area contributed by atoms with E-state index in [0.717, 1.165) is 7.11 Å². The quantitative estimate of drug-likeness (QED) is 0.584. The summed E-state index contributed by atoms with van der Waals surface area (Å²) in [5, 5.41) is 3.73. The summed E-state index contributed by atoms with van der Waals surface area (Å²) in [6.07, 6.45) is -5.24. The van der Waals surface area contributed by atoms with Crippen LogP contribution in [0.3, 0.4) is 0 Å². The summed E-state index contributed by atoms with van der Waals surface area (Å²) >= 11 is 0. The molecule has 3 aromatic rings. The Balaban J connectivity index is 2.18. The molecule has 0 radical (unpaired) electrons. The molecule has 0 spiro atoms. The predicted molar refractivity (Wildman–Crippen MR) is 99.2 cm³/mol. The predicted octanol–water partition coefficient (Wildman–Crippen LogP) is 3.85. The van der Waals surface area contributed by atoms with Gasteiger partial charge in [-0.15, -0.1) is 0 Å². The maximum Gasteiger partial charge on any atom is 0.471 e. The molecule has 0 aliphatic heterocycles. The van der Waals surface area contributed by atoms with E-state index in [0.29, 0.717) is 10.5 Å². The summed E-state index contributed by atoms with van der Waals surface area (Å²) in [6, 6.07) is 11.4. The zero-order valence-corrected chi connectivity index (χ0v) is 15.9. The Labute approximate surface area is 169 Å². The number of carbonyl (C=O) groups excluding carboxylic acids is 2. The van der Waals surface area contributed by atoms with Gasteiger partial charge in [0.05, 0.1) is 7.11 Å². The van der Waals surface area contributed by atoms with Crippen LogP contribution in [0, 0.1) is 6.92 Å². The summed E-state index contributed by atoms with van der Waals surface area (Å²) in [5.74, 6) is -2.86. The van der Waals surface area contributed by atoms with E-state index >= 15 is 0 Å². The number of aromatic nitrogens is 2. The molecule has 0 saturated heterocycles. The van der Waals surface area contributed by atoms with Gasteiger partial charge in [-0.1, -0.05) is 47.6 Å². The molecule has 1 unspecified atom stereocenters. The first-order valence-corrected chi connectivity index (χ1v) is 8.66. The number of alkyl halides is 3. The van der Waals surface area contributed by atoms with Crippen LogP contribution in [0.1, 0.15) is 17.5 Å². The lowest BCUT2D eigenvalue weighted by Crippen LogP contribution is -2.46. The van der Waals surface area contributed by atoms with Gasteiger partial charge in [-0.05, 0) is 17.7 Å². The summed E-state index contributed by atoms with van der Waals surface area (Å²) in [7, 11) is 1.03. The number of nitrogens with zero attached hydrogens (tertiary/aromatic N) is 3. The number of hydrogen-bond acceptors (Lipinski definition) is 6. The number of benzene rings is 2. The van der Waals surface area contributed by atoms with Crippen LogP contribution >= 0.6 is 0 Å². The third kappa shape index (κ3) is 4.32. The summed E-state index contributed by atoms with van der Waals surface area (Å²) in [4.78, 5) is 29.3. The molecule has 30 heavy (non-hydrogen) atoms. The van der Waals surface area contributed by atoms with Crippen LogP contribution in [0.15, 0.2) is 59.1 Å². The fraction of sp³-hybridized carbons (Fsp3) is 0.200. The molecule has 0 fully saturated rings. The van der Waals surface area contributed by atoms with E-state index in [9.17, 15) is 22.8 Å². The van der Waals surface area contributed by atoms with Gasteiger partial charge in [0.2, 0.25) is 11.7 Å². The third-order valence-corrected chi connectivity index (χ3v) is 4.17.